The second kappa shape index (κ2) is 3.78. The first-order chi connectivity index (χ1) is 4.77. The van der Waals surface area contributed by atoms with E-state index < -0.39 is 22.9 Å². The van der Waals surface area contributed by atoms with E-state index in [1.165, 1.54) is 11.4 Å². The van der Waals surface area contributed by atoms with E-state index in [2.05, 4.69) is 4.52 Å². The zero-order chi connectivity index (χ0) is 9.12. The Hall–Kier alpha value is 0.270. The molecule has 0 aliphatic heterocycles. The highest BCUT2D eigenvalue weighted by atomic mass is 31.3. The monoisotopic (exact) mass is 216 g/mol. The molecule has 0 saturated carbocycles. The lowest BCUT2D eigenvalue weighted by molar-refractivity contribution is 0.307. The van der Waals surface area contributed by atoms with E-state index in [-0.39, 0.29) is 0 Å². The van der Waals surface area contributed by atoms with Crippen LogP contribution in [-0.4, -0.2) is 6.61 Å². The van der Waals surface area contributed by atoms with Crippen LogP contribution in [-0.2, 0) is 4.52 Å². The molecule has 0 amide bonds. The molecule has 0 aromatic carbocycles. The van der Waals surface area contributed by atoms with Crippen LogP contribution >= 0.6 is 16.2 Å². The first-order valence-corrected chi connectivity index (χ1v) is 5.28. The third kappa shape index (κ3) is 6.66. The summed E-state index contributed by atoms with van der Waals surface area (Å²) in [5.41, 5.74) is 0. The molecule has 0 aliphatic rings. The predicted molar refractivity (Wildman–Crippen MR) is 33.4 cm³/mol. The van der Waals surface area contributed by atoms with Crippen molar-refractivity contribution in [2.75, 3.05) is 6.61 Å². The van der Waals surface area contributed by atoms with Crippen molar-refractivity contribution in [3.63, 3.8) is 0 Å². The molecule has 0 fully saturated rings. The Kier molecular flexibility index (Phi) is 3.88. The van der Waals surface area contributed by atoms with Gasteiger partial charge in [0.05, 0.1) is 11.1 Å². The van der Waals surface area contributed by atoms with Crippen molar-refractivity contribution < 1.29 is 25.5 Å². The van der Waals surface area contributed by atoms with Gasteiger partial charge in [-0.1, -0.05) is 0 Å². The van der Waals surface area contributed by atoms with Crippen LogP contribution in [0, 0.1) is 0 Å². The van der Waals surface area contributed by atoms with Gasteiger partial charge in [-0.2, -0.15) is 4.52 Å². The Bertz CT molecular complexity index is 169. The summed E-state index contributed by atoms with van der Waals surface area (Å²) in [6.45, 7) is 0.711. The van der Waals surface area contributed by atoms with E-state index in [1.807, 2.05) is 0 Å². The summed E-state index contributed by atoms with van der Waals surface area (Å²) in [7, 11) is -11.8. The summed E-state index contributed by atoms with van der Waals surface area (Å²) >= 11 is 0. The van der Waals surface area contributed by atoms with Crippen LogP contribution in [0.5, 0.6) is 0 Å². The molecule has 0 radical (unpaired) electrons. The first-order valence-electron chi connectivity index (χ1n) is 2.42. The molecule has 0 atom stereocenters. The van der Waals surface area contributed by atoms with Crippen LogP contribution in [0.4, 0.5) is 21.0 Å². The predicted octanol–water partition coefficient (Wildman–Crippen LogP) is 4.49. The largest absolute Gasteiger partial charge is 0.654 e. The van der Waals surface area contributed by atoms with Crippen LogP contribution in [0.1, 0.15) is 6.92 Å². The normalized spacial score (nSPS) is 13.3. The van der Waals surface area contributed by atoms with E-state index in [0.29, 0.717) is 0 Å². The van der Waals surface area contributed by atoms with Gasteiger partial charge in [-0.25, -0.2) is 0 Å². The number of hydrogen-bond donors (Lipinski definition) is 0. The molecule has 0 saturated heterocycles. The number of hydrogen-bond acceptors (Lipinski definition) is 2. The summed E-state index contributed by atoms with van der Waals surface area (Å²) in [4.78, 5) is 0. The number of rotatable bonds is 3. The van der Waals surface area contributed by atoms with Crippen LogP contribution in [0.25, 0.3) is 0 Å². The molecule has 0 aromatic rings. The summed E-state index contributed by atoms with van der Waals surface area (Å²) in [6.07, 6.45) is 0. The van der Waals surface area contributed by atoms with Crippen LogP contribution in [0.3, 0.4) is 0 Å². The maximum atomic E-state index is 12.0. The lowest BCUT2D eigenvalue weighted by Crippen LogP contribution is -1.82. The standard InChI is InChI=1S/C2H5F5NOP2/c1-2-9-11(6,7)8-10(3,4)5/h2H2,1H3/q+1. The topological polar surface area (TPSA) is 21.6 Å². The Morgan fingerprint density at radius 3 is 2.09 bits per heavy atom. The van der Waals surface area contributed by atoms with E-state index in [0.717, 1.165) is 0 Å². The third-order valence-electron chi connectivity index (χ3n) is 0.490. The molecular formula is C2H5F5NOP2+. The Morgan fingerprint density at radius 1 is 1.36 bits per heavy atom. The van der Waals surface area contributed by atoms with Crippen LogP contribution < -0.4 is 0 Å². The molecule has 11 heavy (non-hydrogen) atoms. The smallest absolute Gasteiger partial charge is 0.150 e. The van der Waals surface area contributed by atoms with Crippen LogP contribution in [0.2, 0.25) is 0 Å². The second-order valence-electron chi connectivity index (χ2n) is 1.36. The van der Waals surface area contributed by atoms with Gasteiger partial charge in [0.1, 0.15) is 0 Å². The summed E-state index contributed by atoms with van der Waals surface area (Å²) in [5.74, 6) is 0. The van der Waals surface area contributed by atoms with Crippen LogP contribution in [0.15, 0.2) is 4.52 Å². The second-order valence-corrected chi connectivity index (χ2v) is 4.04. The van der Waals surface area contributed by atoms with Crippen molar-refractivity contribution in [2.24, 2.45) is 4.52 Å². The van der Waals surface area contributed by atoms with Gasteiger partial charge in [0, 0.05) is 8.39 Å². The van der Waals surface area contributed by atoms with Crippen molar-refractivity contribution >= 4 is 16.2 Å². The molecule has 0 aromatic heterocycles. The SMILES string of the molecule is CCO[P+](F)(F)N=P(F)(F)F. The maximum Gasteiger partial charge on any atom is 0.654 e. The summed E-state index contributed by atoms with van der Waals surface area (Å²) < 4.78 is 62.7. The molecule has 0 aliphatic carbocycles. The minimum Gasteiger partial charge on any atom is -0.150 e. The highest BCUT2D eigenvalue weighted by Crippen LogP contribution is 2.74. The van der Waals surface area contributed by atoms with Gasteiger partial charge in [-0.3, -0.25) is 0 Å². The summed E-state index contributed by atoms with van der Waals surface area (Å²) in [5, 5.41) is 0. The van der Waals surface area contributed by atoms with E-state index in [1.54, 1.807) is 0 Å². The fraction of sp³-hybridized carbons (Fsp3) is 1.00. The Labute approximate surface area is 60.9 Å². The Balaban J connectivity index is 4.34. The zero-order valence-electron chi connectivity index (χ0n) is 5.35. The van der Waals surface area contributed by atoms with Crippen molar-refractivity contribution in [2.45, 2.75) is 6.92 Å². The Morgan fingerprint density at radius 2 is 1.82 bits per heavy atom. The van der Waals surface area contributed by atoms with Gasteiger partial charge in [0.25, 0.3) is 0 Å². The van der Waals surface area contributed by atoms with E-state index in [4.69, 9.17) is 0 Å². The molecular weight excluding hydrogens is 211 g/mol. The van der Waals surface area contributed by atoms with Gasteiger partial charge in [0.15, 0.2) is 0 Å². The number of nitrogens with zero attached hydrogens (tertiary/aromatic N) is 1. The van der Waals surface area contributed by atoms with Crippen molar-refractivity contribution in [3.05, 3.63) is 0 Å². The fourth-order valence-corrected chi connectivity index (χ4v) is 1.76. The molecule has 2 nitrogen and oxygen atoms in total. The first kappa shape index (κ1) is 11.3. The molecule has 0 heterocycles. The van der Waals surface area contributed by atoms with Crippen molar-refractivity contribution in [3.8, 4) is 0 Å². The third-order valence-corrected chi connectivity index (χ3v) is 2.70. The lowest BCUT2D eigenvalue weighted by Gasteiger charge is -1.95. The minimum absolute atomic E-state index is 0.468. The fourth-order valence-electron chi connectivity index (χ4n) is 0.299. The molecule has 0 N–H and O–H groups in total. The molecule has 0 bridgehead atoms. The maximum absolute atomic E-state index is 12.0. The quantitative estimate of drug-likeness (QED) is 0.502. The van der Waals surface area contributed by atoms with E-state index in [9.17, 15) is 21.0 Å². The van der Waals surface area contributed by atoms with Gasteiger partial charge in [-0.05, 0) is 6.92 Å². The van der Waals surface area contributed by atoms with Gasteiger partial charge < -0.3 is 0 Å². The summed E-state index contributed by atoms with van der Waals surface area (Å²) in [6, 6.07) is 0. The van der Waals surface area contributed by atoms with Crippen molar-refractivity contribution in [1.82, 2.24) is 0 Å². The molecule has 0 rings (SSSR count). The molecule has 0 unspecified atom stereocenters. The van der Waals surface area contributed by atoms with Gasteiger partial charge in [-0.15, -0.1) is 12.6 Å². The highest BCUT2D eigenvalue weighted by molar-refractivity contribution is 7.67. The molecule has 0 spiro atoms. The molecule has 9 heteroatoms. The lowest BCUT2D eigenvalue weighted by atomic mass is 10.9. The van der Waals surface area contributed by atoms with Gasteiger partial charge in [0.2, 0.25) is 0 Å². The van der Waals surface area contributed by atoms with Crippen molar-refractivity contribution in [1.29, 1.82) is 0 Å². The number of halogens is 5. The molecule has 68 valence electrons. The van der Waals surface area contributed by atoms with E-state index >= 15 is 0 Å². The average Bonchev–Trinajstić information content (AvgIpc) is 1.55. The average molecular weight is 216 g/mol. The highest BCUT2D eigenvalue weighted by Gasteiger charge is 2.49. The van der Waals surface area contributed by atoms with Gasteiger partial charge >= 0.3 is 16.2 Å². The minimum atomic E-state index is -6.27. The zero-order valence-corrected chi connectivity index (χ0v) is 7.14.